The van der Waals surface area contributed by atoms with Gasteiger partial charge in [-0.25, -0.2) is 4.79 Å². The molecule has 2 atom stereocenters. The fourth-order valence-electron chi connectivity index (χ4n) is 2.14. The number of esters is 1. The minimum Gasteiger partial charge on any atom is -0.469 e. The molecule has 2 unspecified atom stereocenters. The van der Waals surface area contributed by atoms with Crippen molar-refractivity contribution >= 4 is 12.1 Å². The molecular weight excluding hydrogens is 210 g/mol. The van der Waals surface area contributed by atoms with Gasteiger partial charge in [0.15, 0.2) is 0 Å². The zero-order valence-electron chi connectivity index (χ0n) is 10.1. The second kappa shape index (κ2) is 5.72. The largest absolute Gasteiger partial charge is 0.469 e. The van der Waals surface area contributed by atoms with Crippen molar-refractivity contribution < 1.29 is 19.1 Å². The molecule has 5 nitrogen and oxygen atoms in total. The Bertz CT molecular complexity index is 267. The van der Waals surface area contributed by atoms with Gasteiger partial charge in [-0.15, -0.1) is 0 Å². The maximum atomic E-state index is 11.4. The molecule has 1 aliphatic rings. The lowest BCUT2D eigenvalue weighted by Crippen LogP contribution is -2.37. The second-order valence-electron chi connectivity index (χ2n) is 4.12. The molecule has 1 rings (SSSR count). The molecule has 0 aromatic carbocycles. The van der Waals surface area contributed by atoms with Gasteiger partial charge in [-0.1, -0.05) is 6.92 Å². The molecule has 0 aromatic heterocycles. The third kappa shape index (κ3) is 2.87. The highest BCUT2D eigenvalue weighted by Gasteiger charge is 2.32. The van der Waals surface area contributed by atoms with Crippen LogP contribution in [0.1, 0.15) is 26.2 Å². The van der Waals surface area contributed by atoms with Crippen LogP contribution >= 0.6 is 0 Å². The summed E-state index contributed by atoms with van der Waals surface area (Å²) in [5.41, 5.74) is 0. The van der Waals surface area contributed by atoms with E-state index in [2.05, 4.69) is 4.74 Å². The third-order valence-electron chi connectivity index (χ3n) is 3.02. The predicted molar refractivity (Wildman–Crippen MR) is 57.9 cm³/mol. The van der Waals surface area contributed by atoms with Crippen molar-refractivity contribution in [3.05, 3.63) is 0 Å². The van der Waals surface area contributed by atoms with Crippen LogP contribution in [0.4, 0.5) is 4.79 Å². The molecule has 0 aliphatic carbocycles. The number of rotatable bonds is 3. The van der Waals surface area contributed by atoms with Gasteiger partial charge in [0.05, 0.1) is 20.1 Å². The zero-order chi connectivity index (χ0) is 12.1. The van der Waals surface area contributed by atoms with Gasteiger partial charge in [0.2, 0.25) is 0 Å². The summed E-state index contributed by atoms with van der Waals surface area (Å²) in [4.78, 5) is 24.4. The van der Waals surface area contributed by atoms with E-state index in [-0.39, 0.29) is 24.0 Å². The van der Waals surface area contributed by atoms with E-state index in [9.17, 15) is 9.59 Å². The van der Waals surface area contributed by atoms with Crippen LogP contribution in [0.2, 0.25) is 0 Å². The van der Waals surface area contributed by atoms with Crippen LogP contribution < -0.4 is 0 Å². The molecule has 0 radical (unpaired) electrons. The van der Waals surface area contributed by atoms with Gasteiger partial charge in [-0.05, 0) is 19.3 Å². The van der Waals surface area contributed by atoms with E-state index in [1.165, 1.54) is 14.2 Å². The normalized spacial score (nSPS) is 21.7. The van der Waals surface area contributed by atoms with Gasteiger partial charge in [-0.3, -0.25) is 4.79 Å². The summed E-state index contributed by atoms with van der Waals surface area (Å²) in [6.45, 7) is 2.53. The molecular formula is C11H19NO4. The van der Waals surface area contributed by atoms with Gasteiger partial charge >= 0.3 is 12.1 Å². The smallest absolute Gasteiger partial charge is 0.409 e. The molecule has 0 bridgehead atoms. The molecule has 1 aliphatic heterocycles. The number of hydrogen-bond acceptors (Lipinski definition) is 4. The summed E-state index contributed by atoms with van der Waals surface area (Å²) in [7, 11) is 2.76. The number of carbonyl (C=O) groups is 2. The molecule has 1 saturated heterocycles. The van der Waals surface area contributed by atoms with Crippen molar-refractivity contribution in [2.75, 3.05) is 20.8 Å². The van der Waals surface area contributed by atoms with E-state index in [0.717, 1.165) is 12.8 Å². The van der Waals surface area contributed by atoms with E-state index in [1.807, 2.05) is 6.92 Å². The summed E-state index contributed by atoms with van der Waals surface area (Å²) < 4.78 is 9.37. The van der Waals surface area contributed by atoms with E-state index >= 15 is 0 Å². The zero-order valence-corrected chi connectivity index (χ0v) is 10.1. The Labute approximate surface area is 95.7 Å². The first-order chi connectivity index (χ1) is 7.60. The Morgan fingerprint density at radius 3 is 2.62 bits per heavy atom. The van der Waals surface area contributed by atoms with Gasteiger partial charge in [-0.2, -0.15) is 0 Å². The van der Waals surface area contributed by atoms with Crippen LogP contribution in [0.25, 0.3) is 0 Å². The summed E-state index contributed by atoms with van der Waals surface area (Å²) >= 11 is 0. The van der Waals surface area contributed by atoms with Crippen LogP contribution in [-0.2, 0) is 14.3 Å². The molecule has 1 fully saturated rings. The first-order valence-corrected chi connectivity index (χ1v) is 5.52. The van der Waals surface area contributed by atoms with Crippen LogP contribution in [0.3, 0.4) is 0 Å². The Balaban J connectivity index is 2.52. The van der Waals surface area contributed by atoms with Crippen LogP contribution in [0, 0.1) is 5.92 Å². The highest BCUT2D eigenvalue weighted by atomic mass is 16.5. The summed E-state index contributed by atoms with van der Waals surface area (Å²) in [6.07, 6.45) is 2.23. The molecule has 92 valence electrons. The number of amides is 1. The standard InChI is InChI=1S/C11H19NO4/c1-8(10(13)15-2)7-9-5-4-6-12(9)11(14)16-3/h8-9H,4-7H2,1-3H3. The minimum absolute atomic E-state index is 0.0987. The van der Waals surface area contributed by atoms with Crippen molar-refractivity contribution in [3.63, 3.8) is 0 Å². The highest BCUT2D eigenvalue weighted by Crippen LogP contribution is 2.24. The highest BCUT2D eigenvalue weighted by molar-refractivity contribution is 5.72. The third-order valence-corrected chi connectivity index (χ3v) is 3.02. The first kappa shape index (κ1) is 12.8. The number of methoxy groups -OCH3 is 2. The molecule has 0 N–H and O–H groups in total. The maximum Gasteiger partial charge on any atom is 0.409 e. The van der Waals surface area contributed by atoms with Crippen LogP contribution in [0.5, 0.6) is 0 Å². The average molecular weight is 229 g/mol. The van der Waals surface area contributed by atoms with Gasteiger partial charge in [0.25, 0.3) is 0 Å². The van der Waals surface area contributed by atoms with E-state index in [4.69, 9.17) is 4.74 Å². The lowest BCUT2D eigenvalue weighted by atomic mass is 10.0. The van der Waals surface area contributed by atoms with Gasteiger partial charge in [0, 0.05) is 12.6 Å². The summed E-state index contributed by atoms with van der Waals surface area (Å²) in [6, 6.07) is 0.0987. The fraction of sp³-hybridized carbons (Fsp3) is 0.818. The molecule has 0 saturated carbocycles. The topological polar surface area (TPSA) is 55.8 Å². The Morgan fingerprint density at radius 1 is 1.38 bits per heavy atom. The number of likely N-dealkylation sites (tertiary alicyclic amines) is 1. The van der Waals surface area contributed by atoms with Crippen LogP contribution in [0.15, 0.2) is 0 Å². The van der Waals surface area contributed by atoms with Gasteiger partial charge in [0.1, 0.15) is 0 Å². The number of hydrogen-bond donors (Lipinski definition) is 0. The van der Waals surface area contributed by atoms with E-state index in [0.29, 0.717) is 13.0 Å². The van der Waals surface area contributed by atoms with Crippen molar-refractivity contribution in [2.45, 2.75) is 32.2 Å². The average Bonchev–Trinajstić information content (AvgIpc) is 2.74. The monoisotopic (exact) mass is 229 g/mol. The predicted octanol–water partition coefficient (Wildman–Crippen LogP) is 1.42. The van der Waals surface area contributed by atoms with Crippen molar-refractivity contribution in [2.24, 2.45) is 5.92 Å². The Hall–Kier alpha value is -1.26. The van der Waals surface area contributed by atoms with E-state index in [1.54, 1.807) is 4.90 Å². The molecule has 16 heavy (non-hydrogen) atoms. The molecule has 1 heterocycles. The number of ether oxygens (including phenoxy) is 2. The number of nitrogens with zero attached hydrogens (tertiary/aromatic N) is 1. The molecule has 0 spiro atoms. The van der Waals surface area contributed by atoms with E-state index < -0.39 is 0 Å². The van der Waals surface area contributed by atoms with Crippen molar-refractivity contribution in [1.29, 1.82) is 0 Å². The summed E-state index contributed by atoms with van der Waals surface area (Å²) in [5, 5.41) is 0. The Morgan fingerprint density at radius 2 is 2.06 bits per heavy atom. The SMILES string of the molecule is COC(=O)C(C)CC1CCCN1C(=O)OC. The van der Waals surface area contributed by atoms with Crippen LogP contribution in [-0.4, -0.2) is 43.8 Å². The van der Waals surface area contributed by atoms with Crippen molar-refractivity contribution in [1.82, 2.24) is 4.90 Å². The minimum atomic E-state index is -0.306. The van der Waals surface area contributed by atoms with Crippen molar-refractivity contribution in [3.8, 4) is 0 Å². The molecule has 1 amide bonds. The fourth-order valence-corrected chi connectivity index (χ4v) is 2.14. The second-order valence-corrected chi connectivity index (χ2v) is 4.12. The Kier molecular flexibility index (Phi) is 4.58. The first-order valence-electron chi connectivity index (χ1n) is 5.52. The maximum absolute atomic E-state index is 11.4. The molecule has 0 aromatic rings. The lowest BCUT2D eigenvalue weighted by molar-refractivity contribution is -0.145. The lowest BCUT2D eigenvalue weighted by Gasteiger charge is -2.24. The number of carbonyl (C=O) groups excluding carboxylic acids is 2. The van der Waals surface area contributed by atoms with Gasteiger partial charge < -0.3 is 14.4 Å². The molecule has 5 heteroatoms. The quantitative estimate of drug-likeness (QED) is 0.687. The summed E-state index contributed by atoms with van der Waals surface area (Å²) in [5.74, 6) is -0.406.